The number of hydrogen-bond acceptors (Lipinski definition) is 2. The summed E-state index contributed by atoms with van der Waals surface area (Å²) in [6.07, 6.45) is 0. The summed E-state index contributed by atoms with van der Waals surface area (Å²) in [5, 5.41) is -0.192. The molecule has 1 saturated heterocycles. The van der Waals surface area contributed by atoms with E-state index < -0.39 is 10.0 Å². The fourth-order valence-corrected chi connectivity index (χ4v) is 3.89. The molecule has 11 heavy (non-hydrogen) atoms. The third kappa shape index (κ3) is 1.56. The molecule has 1 N–H and O–H groups in total. The fraction of sp³-hybridized carbons (Fsp3) is 1.00. The quantitative estimate of drug-likeness (QED) is 0.637. The van der Waals surface area contributed by atoms with Gasteiger partial charge in [-0.15, -0.1) is 0 Å². The van der Waals surface area contributed by atoms with Crippen molar-refractivity contribution in [1.82, 2.24) is 4.72 Å². The van der Waals surface area contributed by atoms with Crippen LogP contribution in [-0.4, -0.2) is 20.2 Å². The molecule has 2 atom stereocenters. The summed E-state index contributed by atoms with van der Waals surface area (Å²) in [5.74, 6) is 0.463. The number of hydrogen-bond donors (Lipinski definition) is 1. The van der Waals surface area contributed by atoms with Gasteiger partial charge in [-0.3, -0.25) is 0 Å². The molecule has 0 aliphatic carbocycles. The van der Waals surface area contributed by atoms with Crippen LogP contribution in [-0.2, 0) is 10.0 Å². The van der Waals surface area contributed by atoms with E-state index in [1.54, 1.807) is 0 Å². The van der Waals surface area contributed by atoms with E-state index in [0.717, 1.165) is 0 Å². The maximum atomic E-state index is 11.3. The highest BCUT2D eigenvalue weighted by molar-refractivity contribution is 7.90. The van der Waals surface area contributed by atoms with Crippen molar-refractivity contribution >= 4 is 10.0 Å². The molecule has 0 radical (unpaired) electrons. The lowest BCUT2D eigenvalue weighted by atomic mass is 9.99. The van der Waals surface area contributed by atoms with Crippen LogP contribution in [0.5, 0.6) is 0 Å². The molecule has 1 aliphatic heterocycles. The smallest absolute Gasteiger partial charge is 0.215 e. The Morgan fingerprint density at radius 2 is 2.00 bits per heavy atom. The van der Waals surface area contributed by atoms with Crippen LogP contribution in [0.15, 0.2) is 0 Å². The monoisotopic (exact) mass is 177 g/mol. The normalized spacial score (nSPS) is 36.4. The second-order valence-electron chi connectivity index (χ2n) is 3.58. The second kappa shape index (κ2) is 2.75. The summed E-state index contributed by atoms with van der Waals surface area (Å²) in [6, 6.07) is 0. The zero-order valence-electron chi connectivity index (χ0n) is 7.16. The Morgan fingerprint density at radius 1 is 1.45 bits per heavy atom. The lowest BCUT2D eigenvalue weighted by Gasteiger charge is -2.16. The first kappa shape index (κ1) is 9.00. The Hall–Kier alpha value is -0.0900. The first-order valence-electron chi connectivity index (χ1n) is 3.93. The Balaban J connectivity index is 2.90. The van der Waals surface area contributed by atoms with E-state index in [2.05, 4.69) is 4.72 Å². The number of nitrogens with one attached hydrogen (secondary N) is 1. The van der Waals surface area contributed by atoms with Gasteiger partial charge in [0.25, 0.3) is 0 Å². The van der Waals surface area contributed by atoms with Crippen LogP contribution in [0.1, 0.15) is 20.8 Å². The zero-order valence-corrected chi connectivity index (χ0v) is 7.98. The van der Waals surface area contributed by atoms with E-state index in [1.807, 2.05) is 20.8 Å². The summed E-state index contributed by atoms with van der Waals surface area (Å²) >= 11 is 0. The molecule has 0 aromatic rings. The van der Waals surface area contributed by atoms with Gasteiger partial charge in [0.1, 0.15) is 0 Å². The topological polar surface area (TPSA) is 46.2 Å². The highest BCUT2D eigenvalue weighted by Crippen LogP contribution is 2.24. The highest BCUT2D eigenvalue weighted by Gasteiger charge is 2.38. The van der Waals surface area contributed by atoms with Gasteiger partial charge in [0.2, 0.25) is 10.0 Å². The predicted molar refractivity (Wildman–Crippen MR) is 44.7 cm³/mol. The van der Waals surface area contributed by atoms with Gasteiger partial charge in [-0.25, -0.2) is 13.1 Å². The largest absolute Gasteiger partial charge is 0.215 e. The second-order valence-corrected chi connectivity index (χ2v) is 5.50. The Kier molecular flexibility index (Phi) is 2.25. The first-order valence-corrected chi connectivity index (χ1v) is 5.48. The van der Waals surface area contributed by atoms with E-state index in [0.29, 0.717) is 6.54 Å². The first-order chi connectivity index (χ1) is 4.95. The van der Waals surface area contributed by atoms with Gasteiger partial charge < -0.3 is 0 Å². The van der Waals surface area contributed by atoms with Crippen molar-refractivity contribution in [3.05, 3.63) is 0 Å². The minimum Gasteiger partial charge on any atom is -0.215 e. The summed E-state index contributed by atoms with van der Waals surface area (Å²) in [7, 11) is -2.99. The molecule has 4 heteroatoms. The number of sulfonamides is 1. The van der Waals surface area contributed by atoms with Gasteiger partial charge in [-0.05, 0) is 11.8 Å². The van der Waals surface area contributed by atoms with E-state index >= 15 is 0 Å². The van der Waals surface area contributed by atoms with Crippen molar-refractivity contribution < 1.29 is 8.42 Å². The fourth-order valence-electron chi connectivity index (χ4n) is 1.78. The van der Waals surface area contributed by atoms with E-state index in [-0.39, 0.29) is 17.1 Å². The molecule has 0 aromatic carbocycles. The van der Waals surface area contributed by atoms with Gasteiger partial charge in [0, 0.05) is 6.54 Å². The van der Waals surface area contributed by atoms with E-state index in [9.17, 15) is 8.42 Å². The van der Waals surface area contributed by atoms with Crippen LogP contribution >= 0.6 is 0 Å². The molecule has 0 saturated carbocycles. The van der Waals surface area contributed by atoms with Crippen LogP contribution in [0.2, 0.25) is 0 Å². The molecular weight excluding hydrogens is 162 g/mol. The Labute approximate surface area is 68.2 Å². The average Bonchev–Trinajstić information content (AvgIpc) is 2.06. The van der Waals surface area contributed by atoms with Crippen LogP contribution in [0.4, 0.5) is 0 Å². The predicted octanol–water partition coefficient (Wildman–Crippen LogP) is 0.580. The molecule has 0 aromatic heterocycles. The van der Waals surface area contributed by atoms with Gasteiger partial charge in [0.15, 0.2) is 0 Å². The average molecular weight is 177 g/mol. The van der Waals surface area contributed by atoms with Crippen LogP contribution in [0, 0.1) is 11.8 Å². The molecular formula is C7H15NO2S. The zero-order chi connectivity index (χ0) is 8.65. The molecule has 1 aliphatic rings. The molecule has 0 unspecified atom stereocenters. The lowest BCUT2D eigenvalue weighted by molar-refractivity contribution is 0.465. The van der Waals surface area contributed by atoms with Crippen molar-refractivity contribution in [3.63, 3.8) is 0 Å². The summed E-state index contributed by atoms with van der Waals surface area (Å²) in [4.78, 5) is 0. The summed E-state index contributed by atoms with van der Waals surface area (Å²) < 4.78 is 25.2. The van der Waals surface area contributed by atoms with Crippen LogP contribution in [0.3, 0.4) is 0 Å². The standard InChI is InChI=1S/C7H15NO2S/c1-5(2)7-6(3)4-8-11(7,9)10/h5-8H,4H2,1-3H3/t6-,7-/m1/s1. The lowest BCUT2D eigenvalue weighted by Crippen LogP contribution is -2.29. The van der Waals surface area contributed by atoms with Crippen molar-refractivity contribution in [1.29, 1.82) is 0 Å². The molecule has 0 spiro atoms. The third-order valence-electron chi connectivity index (χ3n) is 2.18. The molecule has 1 fully saturated rings. The third-order valence-corrected chi connectivity index (χ3v) is 4.48. The van der Waals surface area contributed by atoms with Gasteiger partial charge in [-0.2, -0.15) is 0 Å². The SMILES string of the molecule is CC(C)[C@@H]1[C@H](C)CNS1(=O)=O. The molecule has 1 heterocycles. The Morgan fingerprint density at radius 3 is 2.18 bits per heavy atom. The minimum atomic E-state index is -2.99. The molecule has 3 nitrogen and oxygen atoms in total. The molecule has 0 bridgehead atoms. The molecule has 1 rings (SSSR count). The maximum Gasteiger partial charge on any atom is 0.215 e. The van der Waals surface area contributed by atoms with Crippen molar-refractivity contribution in [2.75, 3.05) is 6.54 Å². The van der Waals surface area contributed by atoms with E-state index in [4.69, 9.17) is 0 Å². The van der Waals surface area contributed by atoms with Crippen LogP contribution in [0.25, 0.3) is 0 Å². The molecule has 66 valence electrons. The van der Waals surface area contributed by atoms with Gasteiger partial charge in [-0.1, -0.05) is 20.8 Å². The Bertz CT molecular complexity index is 233. The van der Waals surface area contributed by atoms with E-state index in [1.165, 1.54) is 0 Å². The van der Waals surface area contributed by atoms with Gasteiger partial charge >= 0.3 is 0 Å². The molecule has 0 amide bonds. The minimum absolute atomic E-state index is 0.192. The summed E-state index contributed by atoms with van der Waals surface area (Å²) in [6.45, 7) is 6.48. The van der Waals surface area contributed by atoms with Crippen LogP contribution < -0.4 is 4.72 Å². The van der Waals surface area contributed by atoms with Crippen molar-refractivity contribution in [3.8, 4) is 0 Å². The van der Waals surface area contributed by atoms with Crippen molar-refractivity contribution in [2.45, 2.75) is 26.0 Å². The summed E-state index contributed by atoms with van der Waals surface area (Å²) in [5.41, 5.74) is 0. The van der Waals surface area contributed by atoms with Crippen molar-refractivity contribution in [2.24, 2.45) is 11.8 Å². The number of rotatable bonds is 1. The highest BCUT2D eigenvalue weighted by atomic mass is 32.2. The van der Waals surface area contributed by atoms with Gasteiger partial charge in [0.05, 0.1) is 5.25 Å². The maximum absolute atomic E-state index is 11.3.